The molecule has 0 spiro atoms. The van der Waals surface area contributed by atoms with Crippen LogP contribution in [-0.4, -0.2) is 54.9 Å². The molecular formula is C23H29N3O3S2. The predicted octanol–water partition coefficient (Wildman–Crippen LogP) is 4.08. The second kappa shape index (κ2) is 9.97. The molecule has 0 radical (unpaired) electrons. The quantitative estimate of drug-likeness (QED) is 0.626. The first kappa shape index (κ1) is 23.5. The number of hydrogen-bond donors (Lipinski definition) is 0. The zero-order valence-electron chi connectivity index (χ0n) is 18.5. The second-order valence-electron chi connectivity index (χ2n) is 7.45. The van der Waals surface area contributed by atoms with Crippen molar-refractivity contribution >= 4 is 32.9 Å². The molecule has 0 N–H and O–H groups in total. The Bertz CT molecular complexity index is 1080. The van der Waals surface area contributed by atoms with Crippen LogP contribution < -0.4 is 0 Å². The fourth-order valence-corrected chi connectivity index (χ4v) is 6.04. The number of hydrogen-bond acceptors (Lipinski definition) is 5. The van der Waals surface area contributed by atoms with Gasteiger partial charge in [-0.15, -0.1) is 0 Å². The SMILES string of the molecule is CCN(CC)S(=O)(=O)c1ccc(C(=O)N2CCN=C2SCc2cc(C)ccc2C)cc1. The van der Waals surface area contributed by atoms with Crippen molar-refractivity contribution in [1.82, 2.24) is 9.21 Å². The highest BCUT2D eigenvalue weighted by Crippen LogP contribution is 2.24. The van der Waals surface area contributed by atoms with Crippen molar-refractivity contribution in [3.8, 4) is 0 Å². The molecule has 0 atom stereocenters. The van der Waals surface area contributed by atoms with Gasteiger partial charge in [-0.1, -0.05) is 49.4 Å². The molecule has 0 unspecified atom stereocenters. The lowest BCUT2D eigenvalue weighted by atomic mass is 10.1. The smallest absolute Gasteiger partial charge is 0.259 e. The molecule has 8 heteroatoms. The van der Waals surface area contributed by atoms with Crippen LogP contribution in [0, 0.1) is 13.8 Å². The average Bonchev–Trinajstić information content (AvgIpc) is 3.23. The molecule has 1 aliphatic rings. The first-order valence-corrected chi connectivity index (χ1v) is 12.9. The van der Waals surface area contributed by atoms with Crippen molar-refractivity contribution in [2.75, 3.05) is 26.2 Å². The molecule has 166 valence electrons. The largest absolute Gasteiger partial charge is 0.286 e. The third-order valence-corrected chi connectivity index (χ3v) is 8.48. The monoisotopic (exact) mass is 459 g/mol. The number of aryl methyl sites for hydroxylation is 2. The zero-order chi connectivity index (χ0) is 22.6. The number of aliphatic imine (C=N–C) groups is 1. The highest BCUT2D eigenvalue weighted by molar-refractivity contribution is 8.13. The number of thioether (sulfide) groups is 1. The van der Waals surface area contributed by atoms with Crippen LogP contribution in [0.25, 0.3) is 0 Å². The maximum absolute atomic E-state index is 13.1. The van der Waals surface area contributed by atoms with Crippen LogP contribution in [0.2, 0.25) is 0 Å². The Morgan fingerprint density at radius 3 is 2.42 bits per heavy atom. The van der Waals surface area contributed by atoms with Crippen LogP contribution in [0.3, 0.4) is 0 Å². The maximum atomic E-state index is 13.1. The lowest BCUT2D eigenvalue weighted by Crippen LogP contribution is -2.33. The number of sulfonamides is 1. The minimum Gasteiger partial charge on any atom is -0.286 e. The van der Waals surface area contributed by atoms with Gasteiger partial charge in [0.15, 0.2) is 5.17 Å². The van der Waals surface area contributed by atoms with Crippen molar-refractivity contribution in [2.45, 2.75) is 38.3 Å². The van der Waals surface area contributed by atoms with Crippen LogP contribution in [0.15, 0.2) is 52.4 Å². The summed E-state index contributed by atoms with van der Waals surface area (Å²) in [5.41, 5.74) is 4.13. The topological polar surface area (TPSA) is 70.1 Å². The highest BCUT2D eigenvalue weighted by atomic mass is 32.2. The summed E-state index contributed by atoms with van der Waals surface area (Å²) in [6.07, 6.45) is 0. The Labute approximate surface area is 189 Å². The summed E-state index contributed by atoms with van der Waals surface area (Å²) in [4.78, 5) is 19.5. The van der Waals surface area contributed by atoms with E-state index in [1.54, 1.807) is 28.8 Å². The van der Waals surface area contributed by atoms with E-state index < -0.39 is 10.0 Å². The predicted molar refractivity (Wildman–Crippen MR) is 127 cm³/mol. The Kier molecular flexibility index (Phi) is 7.56. The van der Waals surface area contributed by atoms with Crippen LogP contribution in [0.1, 0.15) is 40.9 Å². The number of amidine groups is 1. The number of carbonyl (C=O) groups is 1. The molecule has 0 fully saturated rings. The van der Waals surface area contributed by atoms with E-state index in [-0.39, 0.29) is 10.8 Å². The summed E-state index contributed by atoms with van der Waals surface area (Å²) in [6.45, 7) is 9.70. The average molecular weight is 460 g/mol. The fourth-order valence-electron chi connectivity index (χ4n) is 3.47. The molecule has 1 aliphatic heterocycles. The fraction of sp³-hybridized carbons (Fsp3) is 0.391. The summed E-state index contributed by atoms with van der Waals surface area (Å²) >= 11 is 1.56. The third kappa shape index (κ3) is 5.19. The van der Waals surface area contributed by atoms with Gasteiger partial charge < -0.3 is 0 Å². The van der Waals surface area contributed by atoms with E-state index >= 15 is 0 Å². The van der Waals surface area contributed by atoms with Gasteiger partial charge in [-0.25, -0.2) is 8.42 Å². The van der Waals surface area contributed by atoms with Gasteiger partial charge in [0.2, 0.25) is 10.0 Å². The highest BCUT2D eigenvalue weighted by Gasteiger charge is 2.26. The normalized spacial score (nSPS) is 14.2. The van der Waals surface area contributed by atoms with E-state index in [9.17, 15) is 13.2 Å². The van der Waals surface area contributed by atoms with Crippen LogP contribution in [0.4, 0.5) is 0 Å². The molecule has 31 heavy (non-hydrogen) atoms. The van der Waals surface area contributed by atoms with Crippen molar-refractivity contribution < 1.29 is 13.2 Å². The molecule has 0 saturated carbocycles. The van der Waals surface area contributed by atoms with Crippen molar-refractivity contribution in [3.63, 3.8) is 0 Å². The summed E-state index contributed by atoms with van der Waals surface area (Å²) in [5.74, 6) is 0.591. The minimum atomic E-state index is -3.54. The molecule has 0 bridgehead atoms. The van der Waals surface area contributed by atoms with Gasteiger partial charge >= 0.3 is 0 Å². The van der Waals surface area contributed by atoms with Gasteiger partial charge in [-0.05, 0) is 49.2 Å². The van der Waals surface area contributed by atoms with Gasteiger partial charge in [0.25, 0.3) is 5.91 Å². The molecule has 0 aromatic heterocycles. The third-order valence-electron chi connectivity index (χ3n) is 5.35. The zero-order valence-corrected chi connectivity index (χ0v) is 20.1. The second-order valence-corrected chi connectivity index (χ2v) is 10.3. The first-order valence-electron chi connectivity index (χ1n) is 10.4. The molecule has 1 amide bonds. The van der Waals surface area contributed by atoms with Gasteiger partial charge in [0, 0.05) is 31.0 Å². The Hall–Kier alpha value is -2.16. The molecule has 1 heterocycles. The molecule has 2 aromatic rings. The maximum Gasteiger partial charge on any atom is 0.259 e. The lowest BCUT2D eigenvalue weighted by Gasteiger charge is -2.20. The number of nitrogens with zero attached hydrogens (tertiary/aromatic N) is 3. The lowest BCUT2D eigenvalue weighted by molar-refractivity contribution is 0.0860. The summed E-state index contributed by atoms with van der Waals surface area (Å²) in [7, 11) is -3.54. The molecule has 0 aliphatic carbocycles. The van der Waals surface area contributed by atoms with E-state index in [4.69, 9.17) is 0 Å². The standard InChI is InChI=1S/C23H29N3O3S2/c1-5-25(6-2)31(28,29)21-11-9-19(10-12-21)22(27)26-14-13-24-23(26)30-16-20-15-17(3)7-8-18(20)4/h7-12,15H,5-6,13-14,16H2,1-4H3. The van der Waals surface area contributed by atoms with E-state index in [1.807, 2.05) is 13.8 Å². The van der Waals surface area contributed by atoms with Crippen molar-refractivity contribution in [1.29, 1.82) is 0 Å². The van der Waals surface area contributed by atoms with Crippen LogP contribution in [0.5, 0.6) is 0 Å². The van der Waals surface area contributed by atoms with Crippen LogP contribution in [-0.2, 0) is 15.8 Å². The Morgan fingerprint density at radius 2 is 1.77 bits per heavy atom. The van der Waals surface area contributed by atoms with E-state index in [2.05, 4.69) is 37.0 Å². The van der Waals surface area contributed by atoms with Gasteiger partial charge in [0.05, 0.1) is 11.4 Å². The first-order chi connectivity index (χ1) is 14.8. The number of carbonyl (C=O) groups excluding carboxylic acids is 1. The number of amides is 1. The molecule has 6 nitrogen and oxygen atoms in total. The molecule has 3 rings (SSSR count). The molecule has 0 saturated heterocycles. The van der Waals surface area contributed by atoms with E-state index in [0.717, 1.165) is 5.75 Å². The number of benzene rings is 2. The van der Waals surface area contributed by atoms with Crippen molar-refractivity contribution in [3.05, 3.63) is 64.7 Å². The Morgan fingerprint density at radius 1 is 1.10 bits per heavy atom. The van der Waals surface area contributed by atoms with Gasteiger partial charge in [-0.3, -0.25) is 14.7 Å². The van der Waals surface area contributed by atoms with Gasteiger partial charge in [0.1, 0.15) is 0 Å². The summed E-state index contributed by atoms with van der Waals surface area (Å²) < 4.78 is 26.7. The van der Waals surface area contributed by atoms with E-state index in [1.165, 1.54) is 33.1 Å². The van der Waals surface area contributed by atoms with Gasteiger partial charge in [-0.2, -0.15) is 4.31 Å². The van der Waals surface area contributed by atoms with Crippen LogP contribution >= 0.6 is 11.8 Å². The minimum absolute atomic E-state index is 0.156. The van der Waals surface area contributed by atoms with E-state index in [0.29, 0.717) is 36.9 Å². The summed E-state index contributed by atoms with van der Waals surface area (Å²) in [6, 6.07) is 12.6. The molecular weight excluding hydrogens is 430 g/mol. The summed E-state index contributed by atoms with van der Waals surface area (Å²) in [5, 5.41) is 0.714. The Balaban J connectivity index is 1.72. The molecule has 2 aromatic carbocycles. The van der Waals surface area contributed by atoms with Crippen molar-refractivity contribution in [2.24, 2.45) is 4.99 Å². The number of rotatable bonds is 7.